The zero-order valence-electron chi connectivity index (χ0n) is 22.7. The van der Waals surface area contributed by atoms with E-state index in [0.717, 1.165) is 5.56 Å². The molecule has 1 aromatic heterocycles. The molecule has 3 atom stereocenters. The topological polar surface area (TPSA) is 163 Å². The molecule has 0 saturated carbocycles. The van der Waals surface area contributed by atoms with Gasteiger partial charge < -0.3 is 30.7 Å². The molecule has 0 spiro atoms. The normalized spacial score (nSPS) is 21.8. The van der Waals surface area contributed by atoms with Gasteiger partial charge in [-0.3, -0.25) is 24.0 Å². The van der Waals surface area contributed by atoms with Crippen LogP contribution in [-0.2, 0) is 32.1 Å². The van der Waals surface area contributed by atoms with Crippen LogP contribution in [0.15, 0.2) is 40.9 Å². The van der Waals surface area contributed by atoms with Crippen LogP contribution in [0.1, 0.15) is 55.9 Å². The SMILES string of the molecule is CC(=O)N1CCNC(=O)[C@@H](Cc2ccccc2)NC(=O)[C@@H](CC(C)C)NC(=O)[C@@H](C)NC(=O)c2cc(on2)C1. The summed E-state index contributed by atoms with van der Waals surface area (Å²) in [5.74, 6) is -2.09. The van der Waals surface area contributed by atoms with Gasteiger partial charge in [0, 0.05) is 32.5 Å². The molecule has 12 heteroatoms. The molecular weight excluding hydrogens is 504 g/mol. The summed E-state index contributed by atoms with van der Waals surface area (Å²) in [6, 6.07) is 7.78. The minimum absolute atomic E-state index is 0.0303. The number of rotatable bonds is 4. The van der Waals surface area contributed by atoms with E-state index in [2.05, 4.69) is 26.4 Å². The van der Waals surface area contributed by atoms with E-state index < -0.39 is 41.8 Å². The number of carbonyl (C=O) groups is 5. The smallest absolute Gasteiger partial charge is 0.274 e. The lowest BCUT2D eigenvalue weighted by molar-refractivity contribution is -0.133. The zero-order chi connectivity index (χ0) is 28.5. The Morgan fingerprint density at radius 1 is 1.03 bits per heavy atom. The lowest BCUT2D eigenvalue weighted by Crippen LogP contribution is -2.57. The van der Waals surface area contributed by atoms with Gasteiger partial charge in [-0.05, 0) is 24.8 Å². The van der Waals surface area contributed by atoms with E-state index in [9.17, 15) is 24.0 Å². The predicted octanol–water partition coefficient (Wildman–Crippen LogP) is 0.530. The van der Waals surface area contributed by atoms with Crippen molar-refractivity contribution in [1.29, 1.82) is 0 Å². The zero-order valence-corrected chi connectivity index (χ0v) is 22.7. The second kappa shape index (κ2) is 13.5. The predicted molar refractivity (Wildman–Crippen MR) is 141 cm³/mol. The minimum Gasteiger partial charge on any atom is -0.359 e. The van der Waals surface area contributed by atoms with Gasteiger partial charge >= 0.3 is 0 Å². The average molecular weight is 541 g/mol. The molecule has 0 radical (unpaired) electrons. The van der Waals surface area contributed by atoms with Crippen LogP contribution >= 0.6 is 0 Å². The number of fused-ring (bicyclic) bond motifs is 2. The number of hydrogen-bond donors (Lipinski definition) is 4. The van der Waals surface area contributed by atoms with Crippen LogP contribution in [0.5, 0.6) is 0 Å². The standard InChI is InChI=1S/C27H36N6O6/c1-16(2)12-21-26(37)31-22(13-19-8-6-5-7-9-19)25(36)28-10-11-33(18(4)34)15-20-14-23(32-39-20)27(38)29-17(3)24(35)30-21/h5-9,14,16-17,21-22H,10-13,15H2,1-4H3,(H,28,36)(H,29,38)(H,30,35)(H,31,37)/t17-,21-,22-/m1/s1. The maximum Gasteiger partial charge on any atom is 0.274 e. The van der Waals surface area contributed by atoms with Gasteiger partial charge in [-0.25, -0.2) is 0 Å². The fraction of sp³-hybridized carbons (Fsp3) is 0.481. The molecule has 1 aliphatic rings. The lowest BCUT2D eigenvalue weighted by atomic mass is 10.0. The minimum atomic E-state index is -0.990. The van der Waals surface area contributed by atoms with Gasteiger partial charge in [-0.1, -0.05) is 49.3 Å². The van der Waals surface area contributed by atoms with Crippen LogP contribution in [0.3, 0.4) is 0 Å². The Balaban J connectivity index is 1.90. The summed E-state index contributed by atoms with van der Waals surface area (Å²) >= 11 is 0. The van der Waals surface area contributed by atoms with E-state index in [4.69, 9.17) is 4.52 Å². The fourth-order valence-corrected chi connectivity index (χ4v) is 4.13. The Morgan fingerprint density at radius 3 is 2.38 bits per heavy atom. The molecular formula is C27H36N6O6. The molecule has 1 aliphatic heterocycles. The van der Waals surface area contributed by atoms with Gasteiger partial charge in [0.25, 0.3) is 5.91 Å². The average Bonchev–Trinajstić information content (AvgIpc) is 3.35. The van der Waals surface area contributed by atoms with E-state index in [0.29, 0.717) is 6.42 Å². The Bertz CT molecular complexity index is 1180. The molecule has 2 heterocycles. The van der Waals surface area contributed by atoms with Crippen molar-refractivity contribution < 1.29 is 28.5 Å². The van der Waals surface area contributed by atoms with E-state index >= 15 is 0 Å². The molecule has 5 amide bonds. The second-order valence-electron chi connectivity index (χ2n) is 10.0. The van der Waals surface area contributed by atoms with Gasteiger partial charge in [-0.2, -0.15) is 0 Å². The maximum absolute atomic E-state index is 13.4. The first-order valence-corrected chi connectivity index (χ1v) is 13.0. The highest BCUT2D eigenvalue weighted by molar-refractivity contribution is 5.97. The van der Waals surface area contributed by atoms with Gasteiger partial charge in [-0.15, -0.1) is 0 Å². The number of benzene rings is 1. The largest absolute Gasteiger partial charge is 0.359 e. The van der Waals surface area contributed by atoms with E-state index in [1.54, 1.807) is 0 Å². The molecule has 210 valence electrons. The van der Waals surface area contributed by atoms with Gasteiger partial charge in [0.15, 0.2) is 11.5 Å². The van der Waals surface area contributed by atoms with E-state index in [1.165, 1.54) is 24.8 Å². The first-order valence-electron chi connectivity index (χ1n) is 13.0. The number of aromatic nitrogens is 1. The molecule has 4 N–H and O–H groups in total. The third kappa shape index (κ3) is 8.66. The van der Waals surface area contributed by atoms with Crippen LogP contribution in [0.2, 0.25) is 0 Å². The summed E-state index contributed by atoms with van der Waals surface area (Å²) < 4.78 is 5.23. The quantitative estimate of drug-likeness (QED) is 0.440. The highest BCUT2D eigenvalue weighted by Crippen LogP contribution is 2.11. The molecule has 1 aromatic carbocycles. The molecule has 0 saturated heterocycles. The second-order valence-corrected chi connectivity index (χ2v) is 10.0. The van der Waals surface area contributed by atoms with Crippen molar-refractivity contribution in [3.63, 3.8) is 0 Å². The van der Waals surface area contributed by atoms with E-state index in [-0.39, 0.29) is 49.3 Å². The monoisotopic (exact) mass is 540 g/mol. The highest BCUT2D eigenvalue weighted by Gasteiger charge is 2.30. The fourth-order valence-electron chi connectivity index (χ4n) is 4.13. The van der Waals surface area contributed by atoms with Gasteiger partial charge in [0.2, 0.25) is 23.6 Å². The molecule has 0 aliphatic carbocycles. The third-order valence-electron chi connectivity index (χ3n) is 6.26. The van der Waals surface area contributed by atoms with Gasteiger partial charge in [0.05, 0.1) is 6.54 Å². The van der Waals surface area contributed by atoms with Crippen LogP contribution in [0.4, 0.5) is 0 Å². The van der Waals surface area contributed by atoms with Crippen molar-refractivity contribution in [3.8, 4) is 0 Å². The molecule has 39 heavy (non-hydrogen) atoms. The molecule has 3 rings (SSSR count). The summed E-state index contributed by atoms with van der Waals surface area (Å²) in [6.07, 6.45) is 0.544. The van der Waals surface area contributed by atoms with Crippen LogP contribution in [0.25, 0.3) is 0 Å². The lowest BCUT2D eigenvalue weighted by Gasteiger charge is -2.26. The van der Waals surface area contributed by atoms with Crippen molar-refractivity contribution in [2.75, 3.05) is 13.1 Å². The van der Waals surface area contributed by atoms with E-state index in [1.807, 2.05) is 44.2 Å². The number of hydrogen-bond acceptors (Lipinski definition) is 7. The summed E-state index contributed by atoms with van der Waals surface area (Å²) in [6.45, 7) is 7.00. The molecule has 2 aromatic rings. The van der Waals surface area contributed by atoms with Crippen molar-refractivity contribution in [2.24, 2.45) is 5.92 Å². The Kier molecular flexibility index (Phi) is 10.2. The summed E-state index contributed by atoms with van der Waals surface area (Å²) in [4.78, 5) is 65.8. The van der Waals surface area contributed by atoms with Crippen LogP contribution < -0.4 is 21.3 Å². The molecule has 0 fully saturated rings. The van der Waals surface area contributed by atoms with Gasteiger partial charge in [0.1, 0.15) is 18.1 Å². The van der Waals surface area contributed by atoms with Crippen molar-refractivity contribution in [3.05, 3.63) is 53.4 Å². The molecule has 12 nitrogen and oxygen atoms in total. The first-order chi connectivity index (χ1) is 18.5. The summed E-state index contributed by atoms with van der Waals surface area (Å²) in [5.41, 5.74) is 0.787. The number of nitrogens with one attached hydrogen (secondary N) is 4. The summed E-state index contributed by atoms with van der Waals surface area (Å²) in [7, 11) is 0. The van der Waals surface area contributed by atoms with Crippen molar-refractivity contribution in [1.82, 2.24) is 31.3 Å². The number of amides is 5. The number of nitrogens with zero attached hydrogens (tertiary/aromatic N) is 2. The first kappa shape index (κ1) is 29.3. The van der Waals surface area contributed by atoms with Crippen molar-refractivity contribution >= 4 is 29.5 Å². The Morgan fingerprint density at radius 2 is 1.72 bits per heavy atom. The maximum atomic E-state index is 13.4. The van der Waals surface area contributed by atoms with Crippen LogP contribution in [0, 0.1) is 5.92 Å². The third-order valence-corrected chi connectivity index (χ3v) is 6.26. The Labute approximate surface area is 227 Å². The Hall–Kier alpha value is -4.22. The summed E-state index contributed by atoms with van der Waals surface area (Å²) in [5, 5.41) is 14.6. The van der Waals surface area contributed by atoms with Crippen molar-refractivity contribution in [2.45, 2.75) is 65.2 Å². The van der Waals surface area contributed by atoms with Crippen LogP contribution in [-0.4, -0.2) is 70.8 Å². The molecule has 0 unspecified atom stereocenters. The highest BCUT2D eigenvalue weighted by atomic mass is 16.5. The number of carbonyl (C=O) groups excluding carboxylic acids is 5. The molecule has 2 bridgehead atoms.